The number of nitrogens with zero attached hydrogens (tertiary/aromatic N) is 1. The van der Waals surface area contributed by atoms with Crippen molar-refractivity contribution >= 4 is 40.0 Å². The maximum absolute atomic E-state index is 10.8. The van der Waals surface area contributed by atoms with Crippen LogP contribution in [-0.2, 0) is 14.8 Å². The summed E-state index contributed by atoms with van der Waals surface area (Å²) in [4.78, 5) is 4.33. The maximum Gasteiger partial charge on any atom is 0.208 e. The van der Waals surface area contributed by atoms with Gasteiger partial charge >= 0.3 is 0 Å². The lowest BCUT2D eigenvalue weighted by atomic mass is 10.4. The molecule has 0 fully saturated rings. The Morgan fingerprint density at radius 2 is 1.90 bits per heavy atom. The first-order chi connectivity index (χ1) is 8.99. The fraction of sp³-hybridized carbons (Fsp3) is 0.909. The lowest BCUT2D eigenvalue weighted by Gasteiger charge is -2.11. The molecule has 0 radical (unpaired) electrons. The zero-order valence-corrected chi connectivity index (χ0v) is 15.6. The summed E-state index contributed by atoms with van der Waals surface area (Å²) in [6.45, 7) is 7.72. The van der Waals surface area contributed by atoms with Crippen LogP contribution in [0.15, 0.2) is 4.99 Å². The summed E-state index contributed by atoms with van der Waals surface area (Å²) in [7, 11) is -3.10. The van der Waals surface area contributed by atoms with Crippen molar-refractivity contribution in [2.45, 2.75) is 20.3 Å². The number of halogens is 1. The van der Waals surface area contributed by atoms with Crippen LogP contribution in [0.3, 0.4) is 0 Å². The molecular weight excluding hydrogens is 395 g/mol. The average molecular weight is 422 g/mol. The number of guanidine groups is 1. The molecule has 0 saturated carbocycles. The molecule has 0 aromatic carbocycles. The molecule has 0 spiro atoms. The van der Waals surface area contributed by atoms with Crippen LogP contribution in [0.1, 0.15) is 20.3 Å². The summed E-state index contributed by atoms with van der Waals surface area (Å²) >= 11 is 0. The van der Waals surface area contributed by atoms with Gasteiger partial charge in [-0.05, 0) is 20.3 Å². The van der Waals surface area contributed by atoms with Crippen molar-refractivity contribution in [3.05, 3.63) is 0 Å². The predicted octanol–water partition coefficient (Wildman–Crippen LogP) is 0.135. The predicted molar refractivity (Wildman–Crippen MR) is 93.4 cm³/mol. The van der Waals surface area contributed by atoms with E-state index in [0.717, 1.165) is 18.8 Å². The van der Waals surface area contributed by atoms with Gasteiger partial charge in [-0.2, -0.15) is 0 Å². The van der Waals surface area contributed by atoms with Gasteiger partial charge in [0.15, 0.2) is 5.96 Å². The monoisotopic (exact) mass is 422 g/mol. The number of hydrogen-bond donors (Lipinski definition) is 3. The average Bonchev–Trinajstić information content (AvgIpc) is 2.32. The summed E-state index contributed by atoms with van der Waals surface area (Å²) in [5, 5.41) is 6.25. The second-order valence-electron chi connectivity index (χ2n) is 3.90. The van der Waals surface area contributed by atoms with E-state index in [0.29, 0.717) is 39.3 Å². The van der Waals surface area contributed by atoms with Crippen LogP contribution in [0.25, 0.3) is 0 Å². The number of nitrogens with one attached hydrogen (secondary N) is 3. The molecule has 3 N–H and O–H groups in total. The van der Waals surface area contributed by atoms with Crippen LogP contribution in [0.2, 0.25) is 0 Å². The van der Waals surface area contributed by atoms with Gasteiger partial charge in [0.2, 0.25) is 10.0 Å². The van der Waals surface area contributed by atoms with Crippen molar-refractivity contribution in [3.63, 3.8) is 0 Å². The minimum Gasteiger partial charge on any atom is -0.380 e. The second-order valence-corrected chi connectivity index (χ2v) is 5.74. The summed E-state index contributed by atoms with van der Waals surface area (Å²) in [5.41, 5.74) is 0. The Bertz CT molecular complexity index is 350. The van der Waals surface area contributed by atoms with E-state index in [1.54, 1.807) is 0 Å². The van der Waals surface area contributed by atoms with Crippen LogP contribution in [0, 0.1) is 0 Å². The number of ether oxygens (including phenoxy) is 1. The molecule has 122 valence electrons. The van der Waals surface area contributed by atoms with Crippen LogP contribution in [0.5, 0.6) is 0 Å². The van der Waals surface area contributed by atoms with Crippen molar-refractivity contribution in [1.82, 2.24) is 15.4 Å². The van der Waals surface area contributed by atoms with Gasteiger partial charge < -0.3 is 15.4 Å². The Labute approximate surface area is 139 Å². The smallest absolute Gasteiger partial charge is 0.208 e. The van der Waals surface area contributed by atoms with Gasteiger partial charge in [0.25, 0.3) is 0 Å². The summed E-state index contributed by atoms with van der Waals surface area (Å²) in [6.07, 6.45) is 1.81. The fourth-order valence-corrected chi connectivity index (χ4v) is 1.77. The van der Waals surface area contributed by atoms with Crippen LogP contribution >= 0.6 is 24.0 Å². The number of hydrogen-bond acceptors (Lipinski definition) is 4. The highest BCUT2D eigenvalue weighted by Gasteiger charge is 1.99. The van der Waals surface area contributed by atoms with Gasteiger partial charge in [-0.1, -0.05) is 0 Å². The highest BCUT2D eigenvalue weighted by Crippen LogP contribution is 1.83. The first-order valence-electron chi connectivity index (χ1n) is 6.54. The molecule has 0 heterocycles. The van der Waals surface area contributed by atoms with Crippen molar-refractivity contribution in [1.29, 1.82) is 0 Å². The van der Waals surface area contributed by atoms with Gasteiger partial charge in [-0.15, -0.1) is 24.0 Å². The molecule has 20 heavy (non-hydrogen) atoms. The molecule has 9 heteroatoms. The van der Waals surface area contributed by atoms with Crippen molar-refractivity contribution in [2.75, 3.05) is 45.6 Å². The van der Waals surface area contributed by atoms with Crippen LogP contribution < -0.4 is 15.4 Å². The van der Waals surface area contributed by atoms with Gasteiger partial charge in [0.05, 0.1) is 12.9 Å². The molecule has 0 amide bonds. The third kappa shape index (κ3) is 15.9. The normalized spacial score (nSPS) is 11.8. The molecule has 0 rings (SSSR count). The Balaban J connectivity index is 0. The Morgan fingerprint density at radius 1 is 1.20 bits per heavy atom. The number of rotatable bonds is 10. The van der Waals surface area contributed by atoms with Gasteiger partial charge in [-0.25, -0.2) is 13.1 Å². The molecule has 0 aromatic rings. The fourth-order valence-electron chi connectivity index (χ4n) is 1.26. The largest absolute Gasteiger partial charge is 0.380 e. The van der Waals surface area contributed by atoms with Crippen molar-refractivity contribution in [3.8, 4) is 0 Å². The molecule has 0 saturated heterocycles. The summed E-state index contributed by atoms with van der Waals surface area (Å²) < 4.78 is 29.3. The SMILES string of the molecule is CCNC(=NCCCNS(C)(=O)=O)NCCOCC.I. The first-order valence-corrected chi connectivity index (χ1v) is 8.43. The number of aliphatic imine (C=N–C) groups is 1. The van der Waals surface area contributed by atoms with E-state index in [1.807, 2.05) is 13.8 Å². The van der Waals surface area contributed by atoms with Crippen LogP contribution in [-0.4, -0.2) is 60.0 Å². The van der Waals surface area contributed by atoms with Gasteiger partial charge in [0.1, 0.15) is 0 Å². The maximum atomic E-state index is 10.8. The zero-order valence-electron chi connectivity index (χ0n) is 12.4. The van der Waals surface area contributed by atoms with E-state index in [9.17, 15) is 8.42 Å². The standard InChI is InChI=1S/C11H26N4O3S.HI/c1-4-12-11(14-9-10-18-5-2)13-7-6-8-15-19(3,16)17;/h15H,4-10H2,1-3H3,(H2,12,13,14);1H. The third-order valence-electron chi connectivity index (χ3n) is 2.06. The Kier molecular flexibility index (Phi) is 15.3. The summed E-state index contributed by atoms with van der Waals surface area (Å²) in [6, 6.07) is 0. The molecule has 0 aliphatic carbocycles. The molecule has 0 unspecified atom stereocenters. The number of sulfonamides is 1. The molecule has 0 atom stereocenters. The minimum atomic E-state index is -3.10. The molecule has 0 aliphatic rings. The lowest BCUT2D eigenvalue weighted by molar-refractivity contribution is 0.152. The molecule has 0 aromatic heterocycles. The highest BCUT2D eigenvalue weighted by atomic mass is 127. The van der Waals surface area contributed by atoms with Gasteiger partial charge in [-0.3, -0.25) is 4.99 Å². The van der Waals surface area contributed by atoms with Gasteiger partial charge in [0, 0.05) is 32.8 Å². The van der Waals surface area contributed by atoms with E-state index in [1.165, 1.54) is 0 Å². The van der Waals surface area contributed by atoms with Crippen molar-refractivity contribution < 1.29 is 13.2 Å². The van der Waals surface area contributed by atoms with Crippen molar-refractivity contribution in [2.24, 2.45) is 4.99 Å². The molecule has 0 bridgehead atoms. The molecular formula is C11H27IN4O3S. The second kappa shape index (κ2) is 13.8. The quantitative estimate of drug-likeness (QED) is 0.202. The van der Waals surface area contributed by atoms with E-state index in [2.05, 4.69) is 20.3 Å². The Morgan fingerprint density at radius 3 is 2.45 bits per heavy atom. The molecule has 0 aliphatic heterocycles. The molecule has 7 nitrogen and oxygen atoms in total. The van der Waals surface area contributed by atoms with E-state index in [-0.39, 0.29) is 24.0 Å². The zero-order chi connectivity index (χ0) is 14.6. The van der Waals surface area contributed by atoms with E-state index >= 15 is 0 Å². The lowest BCUT2D eigenvalue weighted by Crippen LogP contribution is -2.39. The Hall–Kier alpha value is -0.130. The summed E-state index contributed by atoms with van der Waals surface area (Å²) in [5.74, 6) is 0.724. The van der Waals surface area contributed by atoms with E-state index in [4.69, 9.17) is 4.74 Å². The minimum absolute atomic E-state index is 0. The topological polar surface area (TPSA) is 91.8 Å². The van der Waals surface area contributed by atoms with Crippen LogP contribution in [0.4, 0.5) is 0 Å². The first kappa shape index (κ1) is 22.2. The van der Waals surface area contributed by atoms with E-state index < -0.39 is 10.0 Å². The highest BCUT2D eigenvalue weighted by molar-refractivity contribution is 14.0. The third-order valence-corrected chi connectivity index (χ3v) is 2.78.